The zero-order valence-electron chi connectivity index (χ0n) is 11.0. The number of methoxy groups -OCH3 is 1. The number of carbonyl (C=O) groups excluding carboxylic acids is 1. The predicted octanol–water partition coefficient (Wildman–Crippen LogP) is 0.247. The van der Waals surface area contributed by atoms with Gasteiger partial charge in [0, 0.05) is 0 Å². The number of sulfonamides is 1. The molecule has 0 spiro atoms. The summed E-state index contributed by atoms with van der Waals surface area (Å²) < 4.78 is 35.7. The Labute approximate surface area is 123 Å². The normalized spacial score (nSPS) is 11.1. The number of hydrogen-bond donors (Lipinski definition) is 2. The van der Waals surface area contributed by atoms with Crippen molar-refractivity contribution in [1.82, 2.24) is 20.2 Å². The molecule has 2 heterocycles. The van der Waals surface area contributed by atoms with E-state index >= 15 is 0 Å². The van der Waals surface area contributed by atoms with Gasteiger partial charge < -0.3 is 9.47 Å². The molecule has 2 aromatic heterocycles. The van der Waals surface area contributed by atoms with E-state index in [1.165, 1.54) is 5.51 Å². The number of nitrogens with one attached hydrogen (secondary N) is 2. The van der Waals surface area contributed by atoms with Gasteiger partial charge in [0.05, 0.1) is 19.2 Å². The molecule has 2 aromatic rings. The van der Waals surface area contributed by atoms with Crippen molar-refractivity contribution >= 4 is 33.3 Å². The van der Waals surface area contributed by atoms with Gasteiger partial charge in [0.25, 0.3) is 10.0 Å². The molecule has 2 rings (SSSR count). The van der Waals surface area contributed by atoms with Crippen molar-refractivity contribution < 1.29 is 22.7 Å². The van der Waals surface area contributed by atoms with Crippen molar-refractivity contribution in [1.29, 1.82) is 0 Å². The van der Waals surface area contributed by atoms with Gasteiger partial charge in [0.15, 0.2) is 9.90 Å². The molecule has 114 valence electrons. The summed E-state index contributed by atoms with van der Waals surface area (Å²) in [5.74, 6) is -0.980. The van der Waals surface area contributed by atoms with Gasteiger partial charge in [0.1, 0.15) is 0 Å². The van der Waals surface area contributed by atoms with Gasteiger partial charge in [0.2, 0.25) is 5.95 Å². The third-order valence-electron chi connectivity index (χ3n) is 2.13. The molecule has 2 N–H and O–H groups in total. The van der Waals surface area contributed by atoms with Crippen LogP contribution < -0.4 is 9.46 Å². The maximum absolute atomic E-state index is 12.2. The fourth-order valence-corrected chi connectivity index (χ4v) is 3.41. The minimum atomic E-state index is -4.04. The number of aromatic amines is 1. The Morgan fingerprint density at radius 2 is 2.29 bits per heavy atom. The molecule has 0 atom stereocenters. The summed E-state index contributed by atoms with van der Waals surface area (Å²) in [5.41, 5.74) is 0.937. The molecule has 0 amide bonds. The van der Waals surface area contributed by atoms with E-state index in [9.17, 15) is 13.2 Å². The quantitative estimate of drug-likeness (QED) is 0.718. The SMILES string of the molecule is CCOc1n[nH]c(NS(=O)(=O)c2scnc2C(=O)OC)n1. The first-order valence-corrected chi connectivity index (χ1v) is 7.94. The van der Waals surface area contributed by atoms with Crippen LogP contribution in [-0.4, -0.2) is 48.3 Å². The van der Waals surface area contributed by atoms with Crippen LogP contribution in [0.3, 0.4) is 0 Å². The number of rotatable bonds is 6. The molecule has 21 heavy (non-hydrogen) atoms. The molecule has 0 aromatic carbocycles. The van der Waals surface area contributed by atoms with Crippen LogP contribution in [0.5, 0.6) is 6.01 Å². The van der Waals surface area contributed by atoms with Crippen molar-refractivity contribution in [3.05, 3.63) is 11.2 Å². The Hall–Kier alpha value is -2.21. The molecule has 10 nitrogen and oxygen atoms in total. The highest BCUT2D eigenvalue weighted by molar-refractivity contribution is 7.94. The summed E-state index contributed by atoms with van der Waals surface area (Å²) in [7, 11) is -2.91. The highest BCUT2D eigenvalue weighted by Crippen LogP contribution is 2.23. The second-order valence-corrected chi connectivity index (χ2v) is 6.22. The van der Waals surface area contributed by atoms with Gasteiger partial charge in [-0.05, 0) is 6.92 Å². The van der Waals surface area contributed by atoms with E-state index < -0.39 is 16.0 Å². The zero-order chi connectivity index (χ0) is 15.5. The topological polar surface area (TPSA) is 136 Å². The van der Waals surface area contributed by atoms with Crippen LogP contribution in [0.2, 0.25) is 0 Å². The molecule has 0 aliphatic carbocycles. The summed E-state index contributed by atoms with van der Waals surface area (Å²) in [6.45, 7) is 2.07. The number of nitrogens with zero attached hydrogens (tertiary/aromatic N) is 3. The lowest BCUT2D eigenvalue weighted by atomic mass is 10.5. The third-order valence-corrected chi connectivity index (χ3v) is 4.84. The summed E-state index contributed by atoms with van der Waals surface area (Å²) in [5, 5.41) is 6.02. The highest BCUT2D eigenvalue weighted by Gasteiger charge is 2.27. The average molecular weight is 333 g/mol. The lowest BCUT2D eigenvalue weighted by Gasteiger charge is -2.03. The van der Waals surface area contributed by atoms with Crippen LogP contribution in [0.15, 0.2) is 9.72 Å². The van der Waals surface area contributed by atoms with E-state index in [0.29, 0.717) is 6.61 Å². The number of thiazole rings is 1. The molecule has 0 aliphatic heterocycles. The van der Waals surface area contributed by atoms with Crippen molar-refractivity contribution in [3.8, 4) is 6.01 Å². The number of anilines is 1. The molecule has 12 heteroatoms. The molecule has 0 radical (unpaired) electrons. The number of hydrogen-bond acceptors (Lipinski definition) is 9. The fraction of sp³-hybridized carbons (Fsp3) is 0.333. The first-order valence-electron chi connectivity index (χ1n) is 5.57. The Balaban J connectivity index is 2.26. The van der Waals surface area contributed by atoms with Gasteiger partial charge >= 0.3 is 12.0 Å². The minimum absolute atomic E-state index is 0.00713. The van der Waals surface area contributed by atoms with Crippen molar-refractivity contribution in [3.63, 3.8) is 0 Å². The van der Waals surface area contributed by atoms with E-state index in [-0.39, 0.29) is 21.9 Å². The van der Waals surface area contributed by atoms with Crippen molar-refractivity contribution in [2.75, 3.05) is 18.4 Å². The molecule has 0 saturated heterocycles. The number of aromatic nitrogens is 4. The Kier molecular flexibility index (Phi) is 4.37. The first-order chi connectivity index (χ1) is 9.97. The monoisotopic (exact) mass is 333 g/mol. The van der Waals surface area contributed by atoms with Gasteiger partial charge in [-0.15, -0.1) is 16.4 Å². The van der Waals surface area contributed by atoms with E-state index in [0.717, 1.165) is 18.4 Å². The van der Waals surface area contributed by atoms with E-state index in [1.54, 1.807) is 6.92 Å². The van der Waals surface area contributed by atoms with Crippen LogP contribution in [0.4, 0.5) is 5.95 Å². The van der Waals surface area contributed by atoms with Gasteiger partial charge in [-0.2, -0.15) is 4.98 Å². The second-order valence-electron chi connectivity index (χ2n) is 3.49. The predicted molar refractivity (Wildman–Crippen MR) is 71.8 cm³/mol. The zero-order valence-corrected chi connectivity index (χ0v) is 12.6. The Bertz CT molecular complexity index is 737. The standard InChI is InChI=1S/C9H11N5O5S2/c1-3-19-9-11-8(12-13-9)14-21(16,17)7-5(6(15)18-2)10-4-20-7/h4H,3H2,1-2H3,(H2,11,12,13,14). The minimum Gasteiger partial charge on any atom is -0.464 e. The Morgan fingerprint density at radius 1 is 1.52 bits per heavy atom. The average Bonchev–Trinajstić information content (AvgIpc) is 3.07. The Morgan fingerprint density at radius 3 is 2.95 bits per heavy atom. The third kappa shape index (κ3) is 3.28. The molecule has 0 bridgehead atoms. The van der Waals surface area contributed by atoms with Gasteiger partial charge in [-0.1, -0.05) is 0 Å². The smallest absolute Gasteiger partial charge is 0.358 e. The maximum atomic E-state index is 12.2. The van der Waals surface area contributed by atoms with E-state index in [2.05, 4.69) is 29.6 Å². The molecule has 0 unspecified atom stereocenters. The van der Waals surface area contributed by atoms with Crippen LogP contribution in [-0.2, 0) is 14.8 Å². The first kappa shape index (κ1) is 15.2. The van der Waals surface area contributed by atoms with Gasteiger partial charge in [-0.3, -0.25) is 0 Å². The number of ether oxygens (including phenoxy) is 2. The molecule has 0 aliphatic rings. The van der Waals surface area contributed by atoms with E-state index in [1.807, 2.05) is 0 Å². The van der Waals surface area contributed by atoms with Crippen molar-refractivity contribution in [2.24, 2.45) is 0 Å². The number of H-pyrrole nitrogens is 1. The second kappa shape index (κ2) is 6.05. The lowest BCUT2D eigenvalue weighted by molar-refractivity contribution is 0.0590. The number of esters is 1. The van der Waals surface area contributed by atoms with E-state index in [4.69, 9.17) is 4.74 Å². The number of carbonyl (C=O) groups is 1. The largest absolute Gasteiger partial charge is 0.464 e. The van der Waals surface area contributed by atoms with Crippen LogP contribution in [0.25, 0.3) is 0 Å². The van der Waals surface area contributed by atoms with Crippen LogP contribution in [0.1, 0.15) is 17.4 Å². The molecule has 0 saturated carbocycles. The summed E-state index contributed by atoms with van der Waals surface area (Å²) in [6, 6.07) is 0.00713. The van der Waals surface area contributed by atoms with Crippen LogP contribution in [0, 0.1) is 0 Å². The van der Waals surface area contributed by atoms with Crippen molar-refractivity contribution in [2.45, 2.75) is 11.1 Å². The molecular weight excluding hydrogens is 322 g/mol. The summed E-state index contributed by atoms with van der Waals surface area (Å²) in [6.07, 6.45) is 0. The maximum Gasteiger partial charge on any atom is 0.358 e. The van der Waals surface area contributed by atoms with Crippen LogP contribution >= 0.6 is 11.3 Å². The fourth-order valence-electron chi connectivity index (χ4n) is 1.32. The highest BCUT2D eigenvalue weighted by atomic mass is 32.2. The lowest BCUT2D eigenvalue weighted by Crippen LogP contribution is -2.16. The van der Waals surface area contributed by atoms with Gasteiger partial charge in [-0.25, -0.2) is 28.0 Å². The summed E-state index contributed by atoms with van der Waals surface area (Å²) in [4.78, 5) is 18.9. The molecular formula is C9H11N5O5S2. The molecule has 0 fully saturated rings. The summed E-state index contributed by atoms with van der Waals surface area (Å²) >= 11 is 0.781.